The van der Waals surface area contributed by atoms with Crippen LogP contribution in [-0.4, -0.2) is 94.6 Å². The maximum atomic E-state index is 14.2. The zero-order valence-electron chi connectivity index (χ0n) is 29.9. The van der Waals surface area contributed by atoms with Crippen LogP contribution < -0.4 is 10.6 Å². The largest absolute Gasteiger partial charge is 0.444 e. The lowest BCUT2D eigenvalue weighted by atomic mass is 9.95. The fourth-order valence-electron chi connectivity index (χ4n) is 6.17. The number of nitrogens with zero attached hydrogens (tertiary/aromatic N) is 5. The summed E-state index contributed by atoms with van der Waals surface area (Å²) in [5, 5.41) is 9.44. The Hall–Kier alpha value is -4.33. The number of carbonyl (C=O) groups excluding carboxylic acids is 3. The highest BCUT2D eigenvalue weighted by molar-refractivity contribution is 7.09. The molecule has 3 atom stereocenters. The molecule has 5 rings (SSSR count). The molecule has 0 aliphatic carbocycles. The molecular weight excluding hydrogens is 683 g/mol. The molecule has 0 radical (unpaired) electrons. The van der Waals surface area contributed by atoms with Crippen molar-refractivity contribution in [2.75, 3.05) is 33.7 Å². The van der Waals surface area contributed by atoms with Crippen LogP contribution in [0, 0.1) is 0 Å². The number of thiazole rings is 2. The van der Waals surface area contributed by atoms with Gasteiger partial charge in [0, 0.05) is 56.3 Å². The van der Waals surface area contributed by atoms with Crippen LogP contribution in [-0.2, 0) is 35.5 Å². The van der Waals surface area contributed by atoms with E-state index in [2.05, 4.69) is 46.5 Å². The Bertz CT molecular complexity index is 1670. The molecule has 0 unspecified atom stereocenters. The predicted octanol–water partition coefficient (Wildman–Crippen LogP) is 5.94. The molecule has 1 saturated heterocycles. The molecule has 51 heavy (non-hydrogen) atoms. The molecule has 11 nitrogen and oxygen atoms in total. The highest BCUT2D eigenvalue weighted by atomic mass is 32.1. The van der Waals surface area contributed by atoms with Crippen molar-refractivity contribution >= 4 is 40.7 Å². The molecule has 4 aromatic rings. The Morgan fingerprint density at radius 3 is 2.18 bits per heavy atom. The van der Waals surface area contributed by atoms with Crippen molar-refractivity contribution in [1.82, 2.24) is 35.3 Å². The maximum Gasteiger partial charge on any atom is 0.407 e. The summed E-state index contributed by atoms with van der Waals surface area (Å²) in [6.45, 7) is 6.30. The number of hydrogen-bond acceptors (Lipinski definition) is 9. The molecule has 3 heterocycles. The van der Waals surface area contributed by atoms with E-state index < -0.39 is 12.1 Å². The summed E-state index contributed by atoms with van der Waals surface area (Å²) in [6, 6.07) is 18.8. The van der Waals surface area contributed by atoms with E-state index in [4.69, 9.17) is 9.72 Å². The first-order chi connectivity index (χ1) is 24.6. The SMILES string of the molecule is CC(C)c1nc(CN(C)C(=O)N2CCN(C)C[C@@H]2C(=O)N[C@@H](CC[C@H](Cc2ccccc2)NC(=O)OCc2cncs2)Cc2ccccc2)cs1. The number of hydrogen-bond donors (Lipinski definition) is 2. The number of alkyl carbamates (subject to hydrolysis) is 1. The van der Waals surface area contributed by atoms with Crippen molar-refractivity contribution < 1.29 is 19.1 Å². The molecule has 1 aliphatic heterocycles. The standard InChI is InChI=1S/C38H49N7O4S2/c1-27(2)36-41-32(25-50-36)22-44(4)38(48)45-18-17-43(3)23-34(45)35(46)40-30(19-28-11-7-5-8-12-28)15-16-31(20-29-13-9-6-10-14-29)42-37(47)49-24-33-21-39-26-51-33/h5-14,21,25-27,30-31,34H,15-20,22-24H2,1-4H3,(H,40,46)(H,42,47)/t30-,31+,34+/m0/s1. The van der Waals surface area contributed by atoms with E-state index in [1.54, 1.807) is 39.9 Å². The lowest BCUT2D eigenvalue weighted by Crippen LogP contribution is -2.62. The van der Waals surface area contributed by atoms with Gasteiger partial charge in [-0.2, -0.15) is 0 Å². The third-order valence-electron chi connectivity index (χ3n) is 8.93. The number of benzene rings is 2. The number of urea groups is 1. The fraction of sp³-hybridized carbons (Fsp3) is 0.447. The number of nitrogens with one attached hydrogen (secondary N) is 2. The highest BCUT2D eigenvalue weighted by Crippen LogP contribution is 2.21. The summed E-state index contributed by atoms with van der Waals surface area (Å²) in [5.41, 5.74) is 4.75. The molecule has 272 valence electrons. The minimum atomic E-state index is -0.654. The Labute approximate surface area is 309 Å². The Kier molecular flexibility index (Phi) is 14.0. The monoisotopic (exact) mass is 731 g/mol. The Morgan fingerprint density at radius 2 is 1.59 bits per heavy atom. The van der Waals surface area contributed by atoms with Gasteiger partial charge in [0.05, 0.1) is 27.6 Å². The quantitative estimate of drug-likeness (QED) is 0.156. The molecule has 1 aliphatic rings. The second kappa shape index (κ2) is 18.8. The second-order valence-corrected chi connectivity index (χ2v) is 15.3. The summed E-state index contributed by atoms with van der Waals surface area (Å²) in [4.78, 5) is 56.0. The smallest absolute Gasteiger partial charge is 0.407 e. The van der Waals surface area contributed by atoms with Crippen LogP contribution in [0.15, 0.2) is 77.8 Å². The van der Waals surface area contributed by atoms with Gasteiger partial charge in [-0.15, -0.1) is 22.7 Å². The van der Waals surface area contributed by atoms with Crippen LogP contribution in [0.4, 0.5) is 9.59 Å². The summed E-state index contributed by atoms with van der Waals surface area (Å²) in [5.74, 6) is 0.142. The number of amides is 4. The number of rotatable bonds is 15. The average Bonchev–Trinajstić information content (AvgIpc) is 3.83. The number of aromatic nitrogens is 2. The minimum Gasteiger partial charge on any atom is -0.444 e. The summed E-state index contributed by atoms with van der Waals surface area (Å²) in [6.07, 6.45) is 3.63. The van der Waals surface area contributed by atoms with Gasteiger partial charge in [-0.25, -0.2) is 14.6 Å². The second-order valence-electron chi connectivity index (χ2n) is 13.5. The van der Waals surface area contributed by atoms with E-state index >= 15 is 0 Å². The first-order valence-corrected chi connectivity index (χ1v) is 19.2. The van der Waals surface area contributed by atoms with Crippen molar-refractivity contribution in [3.8, 4) is 0 Å². The van der Waals surface area contributed by atoms with Crippen molar-refractivity contribution in [3.63, 3.8) is 0 Å². The molecule has 0 spiro atoms. The van der Waals surface area contributed by atoms with Gasteiger partial charge in [0.2, 0.25) is 5.91 Å². The first kappa shape index (κ1) is 37.9. The van der Waals surface area contributed by atoms with Crippen molar-refractivity contribution in [1.29, 1.82) is 0 Å². The van der Waals surface area contributed by atoms with E-state index in [1.807, 2.05) is 61.0 Å². The lowest BCUT2D eigenvalue weighted by molar-refractivity contribution is -0.128. The Balaban J connectivity index is 1.28. The molecule has 2 aromatic heterocycles. The van der Waals surface area contributed by atoms with Gasteiger partial charge in [-0.1, -0.05) is 74.5 Å². The molecular formula is C38H49N7O4S2. The Morgan fingerprint density at radius 1 is 0.941 bits per heavy atom. The summed E-state index contributed by atoms with van der Waals surface area (Å²) >= 11 is 3.04. The lowest BCUT2D eigenvalue weighted by Gasteiger charge is -2.41. The van der Waals surface area contributed by atoms with E-state index in [0.29, 0.717) is 57.8 Å². The number of piperazine rings is 1. The maximum absolute atomic E-state index is 14.2. The summed E-state index contributed by atoms with van der Waals surface area (Å²) in [7, 11) is 3.74. The highest BCUT2D eigenvalue weighted by Gasteiger charge is 2.36. The van der Waals surface area contributed by atoms with E-state index in [9.17, 15) is 14.4 Å². The van der Waals surface area contributed by atoms with Crippen LogP contribution in [0.25, 0.3) is 0 Å². The van der Waals surface area contributed by atoms with Crippen LogP contribution >= 0.6 is 22.7 Å². The zero-order chi connectivity index (χ0) is 36.2. The van der Waals surface area contributed by atoms with Gasteiger partial charge in [-0.3, -0.25) is 9.78 Å². The van der Waals surface area contributed by atoms with E-state index in [-0.39, 0.29) is 30.6 Å². The van der Waals surface area contributed by atoms with Crippen molar-refractivity contribution in [2.24, 2.45) is 0 Å². The van der Waals surface area contributed by atoms with Gasteiger partial charge in [-0.05, 0) is 43.9 Å². The molecule has 0 bridgehead atoms. The molecule has 2 N–H and O–H groups in total. The van der Waals surface area contributed by atoms with E-state index in [0.717, 1.165) is 26.7 Å². The van der Waals surface area contributed by atoms with Gasteiger partial charge >= 0.3 is 12.1 Å². The zero-order valence-corrected chi connectivity index (χ0v) is 31.5. The molecule has 13 heteroatoms. The van der Waals surface area contributed by atoms with Crippen LogP contribution in [0.5, 0.6) is 0 Å². The van der Waals surface area contributed by atoms with Gasteiger partial charge in [0.25, 0.3) is 0 Å². The molecule has 1 fully saturated rings. The molecule has 4 amide bonds. The number of likely N-dealkylation sites (N-methyl/N-ethyl adjacent to an activating group) is 1. The molecule has 0 saturated carbocycles. The predicted molar refractivity (Wildman–Crippen MR) is 202 cm³/mol. The summed E-state index contributed by atoms with van der Waals surface area (Å²) < 4.78 is 5.51. The van der Waals surface area contributed by atoms with Crippen LogP contribution in [0.3, 0.4) is 0 Å². The third kappa shape index (κ3) is 11.6. The minimum absolute atomic E-state index is 0.157. The van der Waals surface area contributed by atoms with E-state index in [1.165, 1.54) is 11.3 Å². The average molecular weight is 732 g/mol. The number of ether oxygens (including phenoxy) is 1. The number of carbonyl (C=O) groups is 3. The third-order valence-corrected chi connectivity index (χ3v) is 10.9. The van der Waals surface area contributed by atoms with Crippen molar-refractivity contribution in [2.45, 2.75) is 76.7 Å². The van der Waals surface area contributed by atoms with Gasteiger partial charge < -0.3 is 30.1 Å². The molecule has 2 aromatic carbocycles. The van der Waals surface area contributed by atoms with Crippen LogP contribution in [0.2, 0.25) is 0 Å². The fourth-order valence-corrected chi connectivity index (χ4v) is 7.50. The van der Waals surface area contributed by atoms with Crippen LogP contribution in [0.1, 0.15) is 59.3 Å². The normalized spacial score (nSPS) is 16.0. The van der Waals surface area contributed by atoms with Crippen molar-refractivity contribution in [3.05, 3.63) is 104 Å². The van der Waals surface area contributed by atoms with Gasteiger partial charge in [0.1, 0.15) is 12.6 Å². The topological polar surface area (TPSA) is 120 Å². The first-order valence-electron chi connectivity index (χ1n) is 17.5. The van der Waals surface area contributed by atoms with Gasteiger partial charge in [0.15, 0.2) is 0 Å².